The zero-order valence-corrected chi connectivity index (χ0v) is 9.22. The van der Waals surface area contributed by atoms with E-state index >= 15 is 0 Å². The Morgan fingerprint density at radius 2 is 2.12 bits per heavy atom. The monoisotopic (exact) mass is 226 g/mol. The topological polar surface area (TPSA) is 97.2 Å². The molecule has 0 aromatic carbocycles. The van der Waals surface area contributed by atoms with Gasteiger partial charge < -0.3 is 20.6 Å². The molecule has 1 unspecified atom stereocenters. The molecular formula is C10H18N4O2. The highest BCUT2D eigenvalue weighted by Gasteiger charge is 2.17. The average molecular weight is 226 g/mol. The van der Waals surface area contributed by atoms with Gasteiger partial charge in [-0.25, -0.2) is 0 Å². The summed E-state index contributed by atoms with van der Waals surface area (Å²) in [7, 11) is 0. The number of hydrogen-bond acceptors (Lipinski definition) is 6. The summed E-state index contributed by atoms with van der Waals surface area (Å²) in [4.78, 5) is 0. The first-order valence-corrected chi connectivity index (χ1v) is 5.76. The second-order valence-electron chi connectivity index (χ2n) is 4.21. The third-order valence-electron chi connectivity index (χ3n) is 2.89. The van der Waals surface area contributed by atoms with Gasteiger partial charge in [-0.3, -0.25) is 0 Å². The Hall–Kier alpha value is -1.14. The fourth-order valence-corrected chi connectivity index (χ4v) is 1.94. The molecule has 1 aromatic rings. The molecule has 0 aliphatic heterocycles. The minimum atomic E-state index is -0.589. The van der Waals surface area contributed by atoms with Crippen molar-refractivity contribution in [2.45, 2.75) is 44.2 Å². The number of anilines is 1. The first-order chi connectivity index (χ1) is 7.79. The number of nitrogens with two attached hydrogens (primary N) is 1. The van der Waals surface area contributed by atoms with E-state index in [9.17, 15) is 0 Å². The van der Waals surface area contributed by atoms with Gasteiger partial charge in [0.05, 0.1) is 6.61 Å². The average Bonchev–Trinajstić information content (AvgIpc) is 2.78. The molecule has 6 heteroatoms. The van der Waals surface area contributed by atoms with E-state index in [-0.39, 0.29) is 12.5 Å². The second-order valence-corrected chi connectivity index (χ2v) is 4.21. The molecule has 1 aliphatic rings. The lowest BCUT2D eigenvalue weighted by atomic mass is 9.96. The van der Waals surface area contributed by atoms with Gasteiger partial charge in [-0.2, -0.15) is 0 Å². The normalized spacial score (nSPS) is 19.6. The standard InChI is InChI=1S/C10H18N4O2/c11-8(6-15)9-13-14-10(16-9)12-7-4-2-1-3-5-7/h7-8,15H,1-6,11H2,(H,12,14). The highest BCUT2D eigenvalue weighted by atomic mass is 16.4. The predicted octanol–water partition coefficient (Wildman–Crippen LogP) is 0.806. The molecule has 1 heterocycles. The summed E-state index contributed by atoms with van der Waals surface area (Å²) < 4.78 is 5.32. The van der Waals surface area contributed by atoms with Crippen LogP contribution in [0, 0.1) is 0 Å². The zero-order valence-electron chi connectivity index (χ0n) is 9.22. The Morgan fingerprint density at radius 3 is 2.81 bits per heavy atom. The number of rotatable bonds is 4. The van der Waals surface area contributed by atoms with Crippen LogP contribution in [0.3, 0.4) is 0 Å². The highest BCUT2D eigenvalue weighted by molar-refractivity contribution is 5.20. The minimum Gasteiger partial charge on any atom is -0.406 e. The van der Waals surface area contributed by atoms with Gasteiger partial charge in [0.1, 0.15) is 6.04 Å². The lowest BCUT2D eigenvalue weighted by molar-refractivity contribution is 0.248. The fraction of sp³-hybridized carbons (Fsp3) is 0.800. The highest BCUT2D eigenvalue weighted by Crippen LogP contribution is 2.21. The van der Waals surface area contributed by atoms with E-state index in [4.69, 9.17) is 15.3 Å². The Morgan fingerprint density at radius 1 is 1.38 bits per heavy atom. The van der Waals surface area contributed by atoms with Crippen molar-refractivity contribution in [3.05, 3.63) is 5.89 Å². The van der Waals surface area contributed by atoms with E-state index in [1.54, 1.807) is 0 Å². The Bertz CT molecular complexity index is 322. The van der Waals surface area contributed by atoms with Crippen molar-refractivity contribution in [1.29, 1.82) is 0 Å². The molecular weight excluding hydrogens is 208 g/mol. The van der Waals surface area contributed by atoms with Gasteiger partial charge in [0.25, 0.3) is 0 Å². The maximum absolute atomic E-state index is 8.85. The van der Waals surface area contributed by atoms with E-state index < -0.39 is 6.04 Å². The van der Waals surface area contributed by atoms with Gasteiger partial charge in [-0.05, 0) is 12.8 Å². The predicted molar refractivity (Wildman–Crippen MR) is 58.8 cm³/mol. The summed E-state index contributed by atoms with van der Waals surface area (Å²) in [5.41, 5.74) is 5.57. The SMILES string of the molecule is NC(CO)c1nnc(NC2CCCCC2)o1. The third-order valence-corrected chi connectivity index (χ3v) is 2.89. The maximum atomic E-state index is 8.85. The number of aromatic nitrogens is 2. The van der Waals surface area contributed by atoms with Crippen molar-refractivity contribution in [1.82, 2.24) is 10.2 Å². The summed E-state index contributed by atoms with van der Waals surface area (Å²) in [5, 5.41) is 19.7. The van der Waals surface area contributed by atoms with Gasteiger partial charge in [-0.1, -0.05) is 24.4 Å². The van der Waals surface area contributed by atoms with E-state index in [1.165, 1.54) is 19.3 Å². The maximum Gasteiger partial charge on any atom is 0.315 e. The largest absolute Gasteiger partial charge is 0.406 e. The quantitative estimate of drug-likeness (QED) is 0.702. The van der Waals surface area contributed by atoms with Crippen molar-refractivity contribution in [3.63, 3.8) is 0 Å². The van der Waals surface area contributed by atoms with Gasteiger partial charge in [0.2, 0.25) is 5.89 Å². The van der Waals surface area contributed by atoms with Crippen LogP contribution in [0.25, 0.3) is 0 Å². The number of nitrogens with zero attached hydrogens (tertiary/aromatic N) is 2. The van der Waals surface area contributed by atoms with Crippen LogP contribution >= 0.6 is 0 Å². The van der Waals surface area contributed by atoms with E-state index in [0.717, 1.165) is 12.8 Å². The van der Waals surface area contributed by atoms with E-state index in [0.29, 0.717) is 12.1 Å². The van der Waals surface area contributed by atoms with Crippen LogP contribution in [0.2, 0.25) is 0 Å². The first kappa shape index (κ1) is 11.3. The third kappa shape index (κ3) is 2.70. The molecule has 90 valence electrons. The molecule has 0 amide bonds. The van der Waals surface area contributed by atoms with Gasteiger partial charge in [0, 0.05) is 6.04 Å². The summed E-state index contributed by atoms with van der Waals surface area (Å²) >= 11 is 0. The van der Waals surface area contributed by atoms with E-state index in [1.807, 2.05) is 0 Å². The molecule has 1 aliphatic carbocycles. The second kappa shape index (κ2) is 5.27. The molecule has 4 N–H and O–H groups in total. The molecule has 1 atom stereocenters. The summed E-state index contributed by atoms with van der Waals surface area (Å²) in [5.74, 6) is 0.279. The van der Waals surface area contributed by atoms with Crippen LogP contribution < -0.4 is 11.1 Å². The van der Waals surface area contributed by atoms with Gasteiger partial charge in [-0.15, -0.1) is 5.10 Å². The smallest absolute Gasteiger partial charge is 0.315 e. The molecule has 0 bridgehead atoms. The summed E-state index contributed by atoms with van der Waals surface area (Å²) in [6, 6.07) is 0.243. The molecule has 1 saturated carbocycles. The van der Waals surface area contributed by atoms with Gasteiger partial charge in [0.15, 0.2) is 0 Å². The fourth-order valence-electron chi connectivity index (χ4n) is 1.94. The molecule has 0 spiro atoms. The minimum absolute atomic E-state index is 0.189. The lowest BCUT2D eigenvalue weighted by Crippen LogP contribution is -2.22. The molecule has 0 saturated heterocycles. The van der Waals surface area contributed by atoms with E-state index in [2.05, 4.69) is 15.5 Å². The Kier molecular flexibility index (Phi) is 3.74. The van der Waals surface area contributed by atoms with Crippen molar-refractivity contribution in [3.8, 4) is 0 Å². The summed E-state index contributed by atoms with van der Waals surface area (Å²) in [6.45, 7) is -0.189. The zero-order chi connectivity index (χ0) is 11.4. The molecule has 16 heavy (non-hydrogen) atoms. The molecule has 2 rings (SSSR count). The van der Waals surface area contributed by atoms with Crippen molar-refractivity contribution in [2.75, 3.05) is 11.9 Å². The molecule has 1 aromatic heterocycles. The molecule has 1 fully saturated rings. The molecule has 6 nitrogen and oxygen atoms in total. The first-order valence-electron chi connectivity index (χ1n) is 5.76. The van der Waals surface area contributed by atoms with Crippen LogP contribution in [0.4, 0.5) is 6.01 Å². The van der Waals surface area contributed by atoms with Crippen molar-refractivity contribution < 1.29 is 9.52 Å². The van der Waals surface area contributed by atoms with Crippen molar-refractivity contribution >= 4 is 6.01 Å². The Labute approximate surface area is 94.2 Å². The number of hydrogen-bond donors (Lipinski definition) is 3. The number of nitrogens with one attached hydrogen (secondary N) is 1. The van der Waals surface area contributed by atoms with Crippen LogP contribution in [0.1, 0.15) is 44.0 Å². The Balaban J connectivity index is 1.91. The van der Waals surface area contributed by atoms with Crippen LogP contribution in [-0.4, -0.2) is 28.0 Å². The van der Waals surface area contributed by atoms with Crippen molar-refractivity contribution in [2.24, 2.45) is 5.73 Å². The van der Waals surface area contributed by atoms with Crippen LogP contribution in [0.5, 0.6) is 0 Å². The number of aliphatic hydroxyl groups excluding tert-OH is 1. The van der Waals surface area contributed by atoms with Crippen LogP contribution in [-0.2, 0) is 0 Å². The number of aliphatic hydroxyl groups is 1. The summed E-state index contributed by atoms with van der Waals surface area (Å²) in [6.07, 6.45) is 6.08. The van der Waals surface area contributed by atoms with Crippen LogP contribution in [0.15, 0.2) is 4.42 Å². The lowest BCUT2D eigenvalue weighted by Gasteiger charge is -2.21. The van der Waals surface area contributed by atoms with Gasteiger partial charge >= 0.3 is 6.01 Å². The molecule has 0 radical (unpaired) electrons.